The first-order valence-electron chi connectivity index (χ1n) is 7.16. The van der Waals surface area contributed by atoms with Gasteiger partial charge in [-0.3, -0.25) is 4.79 Å². The maximum absolute atomic E-state index is 12.3. The van der Waals surface area contributed by atoms with E-state index in [1.54, 1.807) is 42.6 Å². The molecule has 1 amide bonds. The molecule has 1 aromatic carbocycles. The standard InChI is InChI=1S/C17H17ClN2O4/c1-23-15-8-3-11(10-19-15)9-14(17(22)24-2)20-16(21)12-4-6-13(18)7-5-12/h3-8,10,14H,9H2,1-2H3,(H,20,21)/t14-/m1/s1. The van der Waals surface area contributed by atoms with Crippen molar-refractivity contribution in [2.45, 2.75) is 12.5 Å². The van der Waals surface area contributed by atoms with Crippen molar-refractivity contribution < 1.29 is 19.1 Å². The number of nitrogens with one attached hydrogen (secondary N) is 1. The lowest BCUT2D eigenvalue weighted by molar-refractivity contribution is -0.142. The summed E-state index contributed by atoms with van der Waals surface area (Å²) < 4.78 is 9.76. The van der Waals surface area contributed by atoms with Crippen LogP contribution in [0.4, 0.5) is 0 Å². The number of carbonyl (C=O) groups is 2. The molecule has 2 rings (SSSR count). The van der Waals surface area contributed by atoms with E-state index in [2.05, 4.69) is 10.3 Å². The molecule has 1 N–H and O–H groups in total. The Labute approximate surface area is 144 Å². The molecule has 0 radical (unpaired) electrons. The number of methoxy groups -OCH3 is 2. The van der Waals surface area contributed by atoms with E-state index in [0.717, 1.165) is 5.56 Å². The molecule has 126 valence electrons. The molecule has 2 aromatic rings. The van der Waals surface area contributed by atoms with Crippen LogP contribution < -0.4 is 10.1 Å². The van der Waals surface area contributed by atoms with Crippen molar-refractivity contribution >= 4 is 23.5 Å². The minimum absolute atomic E-state index is 0.253. The van der Waals surface area contributed by atoms with Crippen molar-refractivity contribution in [2.24, 2.45) is 0 Å². The van der Waals surface area contributed by atoms with Crippen LogP contribution in [-0.4, -0.2) is 37.1 Å². The van der Waals surface area contributed by atoms with E-state index in [1.807, 2.05) is 0 Å². The molecule has 1 atom stereocenters. The van der Waals surface area contributed by atoms with Gasteiger partial charge in [-0.15, -0.1) is 0 Å². The minimum atomic E-state index is -0.826. The average Bonchev–Trinajstić information content (AvgIpc) is 2.61. The van der Waals surface area contributed by atoms with Crippen molar-refractivity contribution in [1.82, 2.24) is 10.3 Å². The van der Waals surface area contributed by atoms with E-state index < -0.39 is 12.0 Å². The quantitative estimate of drug-likeness (QED) is 0.810. The van der Waals surface area contributed by atoms with Crippen molar-refractivity contribution in [1.29, 1.82) is 0 Å². The van der Waals surface area contributed by atoms with Crippen LogP contribution in [0.15, 0.2) is 42.6 Å². The Morgan fingerprint density at radius 1 is 1.17 bits per heavy atom. The van der Waals surface area contributed by atoms with Crippen LogP contribution in [0.1, 0.15) is 15.9 Å². The van der Waals surface area contributed by atoms with Crippen molar-refractivity contribution in [2.75, 3.05) is 14.2 Å². The number of ether oxygens (including phenoxy) is 2. The summed E-state index contributed by atoms with van der Waals surface area (Å²) in [6, 6.07) is 9.02. The highest BCUT2D eigenvalue weighted by Gasteiger charge is 2.22. The molecule has 24 heavy (non-hydrogen) atoms. The zero-order valence-corrected chi connectivity index (χ0v) is 14.0. The molecule has 0 bridgehead atoms. The molecule has 0 unspecified atom stereocenters. The molecule has 0 fully saturated rings. The van der Waals surface area contributed by atoms with Gasteiger partial charge in [-0.05, 0) is 29.8 Å². The molecule has 0 saturated heterocycles. The van der Waals surface area contributed by atoms with Gasteiger partial charge < -0.3 is 14.8 Å². The lowest BCUT2D eigenvalue weighted by atomic mass is 10.1. The van der Waals surface area contributed by atoms with Crippen molar-refractivity contribution in [3.05, 3.63) is 58.7 Å². The van der Waals surface area contributed by atoms with Crippen molar-refractivity contribution in [3.8, 4) is 5.88 Å². The summed E-state index contributed by atoms with van der Waals surface area (Å²) in [6.07, 6.45) is 1.84. The van der Waals surface area contributed by atoms with Gasteiger partial charge in [0.1, 0.15) is 6.04 Å². The Morgan fingerprint density at radius 3 is 2.42 bits per heavy atom. The van der Waals surface area contributed by atoms with E-state index in [-0.39, 0.29) is 12.3 Å². The number of pyridine rings is 1. The van der Waals surface area contributed by atoms with Crippen LogP contribution in [0.25, 0.3) is 0 Å². The normalized spacial score (nSPS) is 11.5. The SMILES string of the molecule is COC(=O)[C@@H](Cc1ccc(OC)nc1)NC(=O)c1ccc(Cl)cc1. The van der Waals surface area contributed by atoms with Crippen LogP contribution in [0.2, 0.25) is 5.02 Å². The Hall–Kier alpha value is -2.60. The second kappa shape index (κ2) is 8.31. The Kier molecular flexibility index (Phi) is 6.14. The second-order valence-electron chi connectivity index (χ2n) is 4.97. The summed E-state index contributed by atoms with van der Waals surface area (Å²) >= 11 is 5.80. The van der Waals surface area contributed by atoms with E-state index in [0.29, 0.717) is 16.5 Å². The van der Waals surface area contributed by atoms with Gasteiger partial charge in [-0.1, -0.05) is 17.7 Å². The van der Waals surface area contributed by atoms with Crippen LogP contribution in [0.5, 0.6) is 5.88 Å². The number of benzene rings is 1. The number of halogens is 1. The summed E-state index contributed by atoms with van der Waals surface area (Å²) in [4.78, 5) is 28.3. The highest BCUT2D eigenvalue weighted by molar-refractivity contribution is 6.30. The highest BCUT2D eigenvalue weighted by atomic mass is 35.5. The first-order valence-corrected chi connectivity index (χ1v) is 7.54. The fourth-order valence-electron chi connectivity index (χ4n) is 2.07. The largest absolute Gasteiger partial charge is 0.481 e. The van der Waals surface area contributed by atoms with Gasteiger partial charge >= 0.3 is 5.97 Å². The molecule has 0 saturated carbocycles. The molecule has 6 nitrogen and oxygen atoms in total. The maximum atomic E-state index is 12.3. The van der Waals surface area contributed by atoms with E-state index in [9.17, 15) is 9.59 Å². The fourth-order valence-corrected chi connectivity index (χ4v) is 2.19. The predicted molar refractivity (Wildman–Crippen MR) is 89.2 cm³/mol. The average molecular weight is 349 g/mol. The molecule has 1 heterocycles. The van der Waals surface area contributed by atoms with Crippen LogP contribution in [0.3, 0.4) is 0 Å². The molecule has 0 aliphatic heterocycles. The maximum Gasteiger partial charge on any atom is 0.328 e. The fraction of sp³-hybridized carbons (Fsp3) is 0.235. The van der Waals surface area contributed by atoms with Gasteiger partial charge in [0.25, 0.3) is 5.91 Å². The van der Waals surface area contributed by atoms with Gasteiger partial charge in [0.05, 0.1) is 14.2 Å². The number of aromatic nitrogens is 1. The highest BCUT2D eigenvalue weighted by Crippen LogP contribution is 2.12. The van der Waals surface area contributed by atoms with Gasteiger partial charge in [0.2, 0.25) is 5.88 Å². The molecule has 0 spiro atoms. The molecular formula is C17H17ClN2O4. The zero-order valence-electron chi connectivity index (χ0n) is 13.3. The number of amides is 1. The number of rotatable bonds is 6. The third kappa shape index (κ3) is 4.70. The zero-order chi connectivity index (χ0) is 17.5. The smallest absolute Gasteiger partial charge is 0.328 e. The van der Waals surface area contributed by atoms with Crippen LogP contribution in [-0.2, 0) is 16.0 Å². The van der Waals surface area contributed by atoms with Gasteiger partial charge in [-0.2, -0.15) is 0 Å². The third-order valence-corrected chi connectivity index (χ3v) is 3.60. The van der Waals surface area contributed by atoms with E-state index in [4.69, 9.17) is 21.1 Å². The second-order valence-corrected chi connectivity index (χ2v) is 5.41. The Bertz CT molecular complexity index is 702. The Balaban J connectivity index is 2.11. The predicted octanol–water partition coefficient (Wildman–Crippen LogP) is 2.26. The number of carbonyl (C=O) groups excluding carboxylic acids is 2. The van der Waals surface area contributed by atoms with Gasteiger partial charge in [-0.25, -0.2) is 9.78 Å². The molecule has 0 aliphatic rings. The molecular weight excluding hydrogens is 332 g/mol. The number of hydrogen-bond acceptors (Lipinski definition) is 5. The lowest BCUT2D eigenvalue weighted by Gasteiger charge is -2.16. The van der Waals surface area contributed by atoms with Gasteiger partial charge in [0, 0.05) is 29.3 Å². The Morgan fingerprint density at radius 2 is 1.88 bits per heavy atom. The summed E-state index contributed by atoms with van der Waals surface area (Å²) in [5, 5.41) is 3.19. The summed E-state index contributed by atoms with van der Waals surface area (Å²) in [7, 11) is 2.79. The molecule has 1 aromatic heterocycles. The first kappa shape index (κ1) is 17.7. The van der Waals surface area contributed by atoms with Gasteiger partial charge in [0.15, 0.2) is 0 Å². The van der Waals surface area contributed by atoms with E-state index >= 15 is 0 Å². The summed E-state index contributed by atoms with van der Waals surface area (Å²) in [6.45, 7) is 0. The summed E-state index contributed by atoms with van der Waals surface area (Å²) in [5.74, 6) is -0.449. The van der Waals surface area contributed by atoms with Crippen molar-refractivity contribution in [3.63, 3.8) is 0 Å². The third-order valence-electron chi connectivity index (χ3n) is 3.34. The lowest BCUT2D eigenvalue weighted by Crippen LogP contribution is -2.43. The van der Waals surface area contributed by atoms with E-state index in [1.165, 1.54) is 14.2 Å². The first-order chi connectivity index (χ1) is 11.5. The topological polar surface area (TPSA) is 77.5 Å². The number of hydrogen-bond donors (Lipinski definition) is 1. The van der Waals surface area contributed by atoms with Crippen LogP contribution >= 0.6 is 11.6 Å². The number of nitrogens with zero attached hydrogens (tertiary/aromatic N) is 1. The monoisotopic (exact) mass is 348 g/mol. The summed E-state index contributed by atoms with van der Waals surface area (Å²) in [5.41, 5.74) is 1.17. The minimum Gasteiger partial charge on any atom is -0.481 e. The number of esters is 1. The molecule has 0 aliphatic carbocycles. The van der Waals surface area contributed by atoms with Crippen LogP contribution in [0, 0.1) is 0 Å². The molecule has 7 heteroatoms.